The Morgan fingerprint density at radius 3 is 2.50 bits per heavy atom. The van der Waals surface area contributed by atoms with Gasteiger partial charge in [0.05, 0.1) is 20.8 Å². The molecule has 0 spiro atoms. The highest BCUT2D eigenvalue weighted by atomic mass is 127. The van der Waals surface area contributed by atoms with Gasteiger partial charge in [-0.2, -0.15) is 0 Å². The topological polar surface area (TPSA) is 51.1 Å². The number of nitrogens with zero attached hydrogens (tertiary/aromatic N) is 2. The smallest absolute Gasteiger partial charge is 0.266 e. The molecule has 1 aliphatic heterocycles. The molecule has 4 rings (SSSR count). The third-order valence-corrected chi connectivity index (χ3v) is 6.97. The van der Waals surface area contributed by atoms with Crippen LogP contribution in [0.4, 0.5) is 14.5 Å². The molecular formula is C27H23F2IN2O3S. The van der Waals surface area contributed by atoms with E-state index in [0.29, 0.717) is 46.0 Å². The van der Waals surface area contributed by atoms with Gasteiger partial charge >= 0.3 is 0 Å². The maximum Gasteiger partial charge on any atom is 0.266 e. The molecule has 0 radical (unpaired) electrons. The van der Waals surface area contributed by atoms with Crippen LogP contribution in [0.1, 0.15) is 25.0 Å². The fraction of sp³-hybridized carbons (Fsp3) is 0.185. The standard InChI is InChI=1S/C27H23F2IN2O3S/c1-3-32-26(33)24(36-27(32)31-21-10-8-19(28)9-11-21)15-18-13-22(30)25(23(14-18)34-4-2)35-16-17-6-5-7-20(29)12-17/h5-15H,3-4,16H2,1-2H3/b24-15+,31-27?. The van der Waals surface area contributed by atoms with E-state index in [9.17, 15) is 13.6 Å². The Kier molecular flexibility index (Phi) is 8.63. The summed E-state index contributed by atoms with van der Waals surface area (Å²) in [6.45, 7) is 4.83. The number of benzene rings is 3. The Morgan fingerprint density at radius 1 is 1.03 bits per heavy atom. The van der Waals surface area contributed by atoms with Gasteiger partial charge in [0, 0.05) is 6.54 Å². The number of ether oxygens (including phenoxy) is 2. The molecule has 36 heavy (non-hydrogen) atoms. The Balaban J connectivity index is 1.61. The molecule has 0 atom stereocenters. The SMILES string of the molecule is CCOc1cc(/C=C2/SC(=Nc3ccc(F)cc3)N(CC)C2=O)cc(I)c1OCc1cccc(F)c1. The van der Waals surface area contributed by atoms with Gasteiger partial charge in [0.1, 0.15) is 18.2 Å². The number of likely N-dealkylation sites (N-methyl/N-ethyl adjacent to an activating group) is 1. The molecule has 1 aliphatic rings. The first-order chi connectivity index (χ1) is 17.4. The second-order valence-corrected chi connectivity index (χ2v) is 9.88. The summed E-state index contributed by atoms with van der Waals surface area (Å²) in [6.07, 6.45) is 1.80. The molecular weight excluding hydrogens is 597 g/mol. The van der Waals surface area contributed by atoms with Gasteiger partial charge in [-0.15, -0.1) is 0 Å². The first-order valence-electron chi connectivity index (χ1n) is 11.3. The molecule has 0 saturated carbocycles. The molecule has 1 saturated heterocycles. The molecule has 0 bridgehead atoms. The summed E-state index contributed by atoms with van der Waals surface area (Å²) in [5.41, 5.74) is 2.05. The summed E-state index contributed by atoms with van der Waals surface area (Å²) in [5.74, 6) is 0.284. The number of hydrogen-bond acceptors (Lipinski definition) is 5. The zero-order chi connectivity index (χ0) is 25.7. The minimum absolute atomic E-state index is 0.150. The average molecular weight is 620 g/mol. The van der Waals surface area contributed by atoms with Gasteiger partial charge in [0.15, 0.2) is 16.7 Å². The number of thioether (sulfide) groups is 1. The summed E-state index contributed by atoms with van der Waals surface area (Å²) < 4.78 is 39.4. The van der Waals surface area contributed by atoms with Crippen LogP contribution in [0.2, 0.25) is 0 Å². The van der Waals surface area contributed by atoms with Crippen molar-refractivity contribution in [1.29, 1.82) is 0 Å². The van der Waals surface area contributed by atoms with Gasteiger partial charge in [-0.25, -0.2) is 13.8 Å². The number of amides is 1. The highest BCUT2D eigenvalue weighted by Crippen LogP contribution is 2.38. The number of hydrogen-bond donors (Lipinski definition) is 0. The lowest BCUT2D eigenvalue weighted by Gasteiger charge is -2.15. The van der Waals surface area contributed by atoms with Crippen molar-refractivity contribution in [3.8, 4) is 11.5 Å². The molecule has 0 aliphatic carbocycles. The molecule has 3 aromatic carbocycles. The van der Waals surface area contributed by atoms with Crippen molar-refractivity contribution < 1.29 is 23.0 Å². The lowest BCUT2D eigenvalue weighted by molar-refractivity contribution is -0.122. The van der Waals surface area contributed by atoms with Crippen molar-refractivity contribution in [3.63, 3.8) is 0 Å². The molecule has 0 unspecified atom stereocenters. The maximum atomic E-state index is 13.5. The fourth-order valence-electron chi connectivity index (χ4n) is 3.50. The zero-order valence-corrected chi connectivity index (χ0v) is 22.6. The van der Waals surface area contributed by atoms with Crippen LogP contribution >= 0.6 is 34.4 Å². The Morgan fingerprint density at radius 2 is 1.81 bits per heavy atom. The molecule has 5 nitrogen and oxygen atoms in total. The molecule has 9 heteroatoms. The van der Waals surface area contributed by atoms with Crippen LogP contribution < -0.4 is 9.47 Å². The summed E-state index contributed by atoms with van der Waals surface area (Å²) >= 11 is 3.43. The van der Waals surface area contributed by atoms with Gasteiger partial charge < -0.3 is 9.47 Å². The second kappa shape index (κ2) is 11.9. The van der Waals surface area contributed by atoms with E-state index in [1.165, 1.54) is 36.0 Å². The van der Waals surface area contributed by atoms with E-state index >= 15 is 0 Å². The van der Waals surface area contributed by atoms with E-state index in [0.717, 1.165) is 9.13 Å². The number of carbonyl (C=O) groups is 1. The molecule has 186 valence electrons. The molecule has 3 aromatic rings. The quantitative estimate of drug-likeness (QED) is 0.198. The molecule has 1 heterocycles. The first kappa shape index (κ1) is 26.2. The van der Waals surface area contributed by atoms with Gasteiger partial charge in [-0.3, -0.25) is 9.69 Å². The highest BCUT2D eigenvalue weighted by Gasteiger charge is 2.32. The summed E-state index contributed by atoms with van der Waals surface area (Å²) in [4.78, 5) is 19.7. The van der Waals surface area contributed by atoms with Gasteiger partial charge in [-0.1, -0.05) is 12.1 Å². The second-order valence-electron chi connectivity index (χ2n) is 7.71. The number of carbonyl (C=O) groups excluding carboxylic acids is 1. The van der Waals surface area contributed by atoms with Crippen molar-refractivity contribution in [2.45, 2.75) is 20.5 Å². The lowest BCUT2D eigenvalue weighted by Crippen LogP contribution is -2.28. The van der Waals surface area contributed by atoms with Crippen LogP contribution in [-0.4, -0.2) is 29.1 Å². The van der Waals surface area contributed by atoms with Crippen molar-refractivity contribution in [2.24, 2.45) is 4.99 Å². The van der Waals surface area contributed by atoms with E-state index in [4.69, 9.17) is 9.47 Å². The number of rotatable bonds is 8. The fourth-order valence-corrected chi connectivity index (χ4v) is 5.35. The average Bonchev–Trinajstić information content (AvgIpc) is 3.13. The molecule has 1 fully saturated rings. The van der Waals surface area contributed by atoms with Crippen molar-refractivity contribution >= 4 is 57.2 Å². The molecule has 0 N–H and O–H groups in total. The maximum absolute atomic E-state index is 13.5. The van der Waals surface area contributed by atoms with Crippen LogP contribution in [0.5, 0.6) is 11.5 Å². The van der Waals surface area contributed by atoms with Crippen LogP contribution in [-0.2, 0) is 11.4 Å². The minimum atomic E-state index is -0.343. The minimum Gasteiger partial charge on any atom is -0.490 e. The monoisotopic (exact) mass is 620 g/mol. The Hall–Kier alpha value is -2.92. The number of halogens is 3. The van der Waals surface area contributed by atoms with E-state index in [1.807, 2.05) is 26.0 Å². The third-order valence-electron chi connectivity index (χ3n) is 5.16. The van der Waals surface area contributed by atoms with Crippen LogP contribution in [0.3, 0.4) is 0 Å². The third kappa shape index (κ3) is 6.25. The van der Waals surface area contributed by atoms with Crippen molar-refractivity contribution in [1.82, 2.24) is 4.90 Å². The Bertz CT molecular complexity index is 1330. The Labute approximate surface area is 226 Å². The lowest BCUT2D eigenvalue weighted by atomic mass is 10.1. The first-order valence-corrected chi connectivity index (χ1v) is 13.2. The number of amidine groups is 1. The van der Waals surface area contributed by atoms with E-state index < -0.39 is 0 Å². The van der Waals surface area contributed by atoms with Gasteiger partial charge in [0.2, 0.25) is 0 Å². The van der Waals surface area contributed by atoms with E-state index in [1.54, 1.807) is 35.2 Å². The van der Waals surface area contributed by atoms with Crippen molar-refractivity contribution in [3.05, 3.63) is 91.9 Å². The van der Waals surface area contributed by atoms with Gasteiger partial charge in [0.25, 0.3) is 5.91 Å². The van der Waals surface area contributed by atoms with Crippen LogP contribution in [0, 0.1) is 15.2 Å². The molecule has 0 aromatic heterocycles. The zero-order valence-electron chi connectivity index (χ0n) is 19.6. The van der Waals surface area contributed by atoms with Crippen molar-refractivity contribution in [2.75, 3.05) is 13.2 Å². The van der Waals surface area contributed by atoms with Crippen LogP contribution in [0.15, 0.2) is 70.6 Å². The normalized spacial score (nSPS) is 15.7. The summed E-state index contributed by atoms with van der Waals surface area (Å²) in [6, 6.07) is 15.8. The van der Waals surface area contributed by atoms with E-state index in [2.05, 4.69) is 27.6 Å². The summed E-state index contributed by atoms with van der Waals surface area (Å²) in [5, 5.41) is 0.537. The largest absolute Gasteiger partial charge is 0.490 e. The summed E-state index contributed by atoms with van der Waals surface area (Å²) in [7, 11) is 0. The highest BCUT2D eigenvalue weighted by molar-refractivity contribution is 14.1. The predicted molar refractivity (Wildman–Crippen MR) is 148 cm³/mol. The number of aliphatic imine (C=N–C) groups is 1. The van der Waals surface area contributed by atoms with E-state index in [-0.39, 0.29) is 24.1 Å². The van der Waals surface area contributed by atoms with Crippen LogP contribution in [0.25, 0.3) is 6.08 Å². The predicted octanol–water partition coefficient (Wildman–Crippen LogP) is 7.17. The van der Waals surface area contributed by atoms with Gasteiger partial charge in [-0.05, 0) is 114 Å². The molecule has 1 amide bonds.